The van der Waals surface area contributed by atoms with Crippen molar-refractivity contribution in [1.29, 1.82) is 36.8 Å². The second-order valence-electron chi connectivity index (χ2n) is 11.5. The van der Waals surface area contributed by atoms with Gasteiger partial charge in [-0.1, -0.05) is 0 Å². The molecule has 0 atom stereocenters. The summed E-state index contributed by atoms with van der Waals surface area (Å²) in [5.74, 6) is -3.52. The van der Waals surface area contributed by atoms with Gasteiger partial charge in [-0.05, 0) is 36.4 Å². The number of benzene rings is 3. The highest BCUT2D eigenvalue weighted by molar-refractivity contribution is 5.82. The Morgan fingerprint density at radius 2 is 0.603 bits per heavy atom. The highest BCUT2D eigenvalue weighted by Gasteiger charge is 2.43. The van der Waals surface area contributed by atoms with Crippen molar-refractivity contribution in [3.8, 4) is 42.5 Å². The fraction of sp³-hybridized carbons (Fsp3) is 0.0556. The van der Waals surface area contributed by atoms with Crippen LogP contribution in [0.15, 0.2) is 83.8 Å². The minimum absolute atomic E-state index is 0.0556. The van der Waals surface area contributed by atoms with Gasteiger partial charge in [0.15, 0.2) is 34.9 Å². The van der Waals surface area contributed by atoms with Gasteiger partial charge in [-0.3, -0.25) is 0 Å². The highest BCUT2D eigenvalue weighted by atomic mass is 19.4. The predicted octanol–water partition coefficient (Wildman–Crippen LogP) is 1.83. The molecule has 0 saturated carbocycles. The van der Waals surface area contributed by atoms with Crippen molar-refractivity contribution in [2.75, 3.05) is 0 Å². The van der Waals surface area contributed by atoms with Gasteiger partial charge in [-0.25, -0.2) is 44.9 Å². The Labute approximate surface area is 316 Å². The van der Waals surface area contributed by atoms with Gasteiger partial charge in [0, 0.05) is 0 Å². The van der Waals surface area contributed by atoms with Crippen molar-refractivity contribution in [2.45, 2.75) is 12.4 Å². The van der Waals surface area contributed by atoms with Crippen molar-refractivity contribution in [2.24, 2.45) is 30.0 Å². The zero-order valence-corrected chi connectivity index (χ0v) is 27.9. The zero-order valence-electron chi connectivity index (χ0n) is 27.9. The summed E-state index contributed by atoms with van der Waals surface area (Å²) in [7, 11) is 0. The lowest BCUT2D eigenvalue weighted by Crippen LogP contribution is -2.29. The number of fused-ring (bicyclic) bond motifs is 3. The monoisotopic (exact) mass is 776 g/mol. The number of hydrogen-bond acceptors (Lipinski definition) is 16. The van der Waals surface area contributed by atoms with E-state index in [0.29, 0.717) is 0 Å². The van der Waals surface area contributed by atoms with Crippen LogP contribution in [0.1, 0.15) is 50.9 Å². The first-order valence-corrected chi connectivity index (χ1v) is 15.4. The van der Waals surface area contributed by atoms with E-state index in [-0.39, 0.29) is 67.5 Å². The largest absolute Gasteiger partial charge is 0.417 e. The molecule has 0 spiro atoms. The number of alkyl halides is 6. The number of allylic oxidation sites excluding steroid dienone is 3. The van der Waals surface area contributed by atoms with Crippen LogP contribution in [0.3, 0.4) is 0 Å². The maximum absolute atomic E-state index is 13.7. The molecule has 16 nitrogen and oxygen atoms in total. The van der Waals surface area contributed by atoms with E-state index in [1.165, 1.54) is 24.3 Å². The van der Waals surface area contributed by atoms with Gasteiger partial charge in [-0.15, -0.1) is 0 Å². The minimum atomic E-state index is -5.47. The van der Waals surface area contributed by atoms with Crippen molar-refractivity contribution in [3.63, 3.8) is 0 Å². The summed E-state index contributed by atoms with van der Waals surface area (Å²) < 4.78 is 82.3. The number of hydrogen-bond donors (Lipinski definition) is 0. The van der Waals surface area contributed by atoms with Crippen LogP contribution in [0.2, 0.25) is 0 Å². The number of rotatable bonds is 3. The molecule has 58 heavy (non-hydrogen) atoms. The molecule has 0 unspecified atom stereocenters. The van der Waals surface area contributed by atoms with Gasteiger partial charge in [0.05, 0.1) is 65.5 Å². The van der Waals surface area contributed by atoms with Crippen molar-refractivity contribution < 1.29 is 26.3 Å². The molecular weight excluding hydrogens is 770 g/mol. The standard InChI is InChI=1S/C36H6F6N16/c37-35(38,39)21-5-27-28(6-22(21)36(40,41)42)55-31(54-27)20(13-49)34-57-32(18(11-47)29-50-23-1-14(7-43)15(8-44)2-24(23)51-29)56-33(58-34)19(12-48)30-52-25-3-16(9-45)17(10-46)4-26(25)53-30/h1-6H. The molecule has 3 aromatic carbocycles. The highest BCUT2D eigenvalue weighted by Crippen LogP contribution is 2.39. The third-order valence-electron chi connectivity index (χ3n) is 8.11. The molecule has 0 N–H and O–H groups in total. The van der Waals surface area contributed by atoms with E-state index in [0.717, 1.165) is 0 Å². The van der Waals surface area contributed by atoms with E-state index in [1.54, 1.807) is 18.2 Å². The topological polar surface area (TPSA) is 279 Å². The summed E-state index contributed by atoms with van der Waals surface area (Å²) in [6.07, 6.45) is -10.9. The van der Waals surface area contributed by atoms with E-state index in [2.05, 4.69) is 44.9 Å². The summed E-state index contributed by atoms with van der Waals surface area (Å²) >= 11 is 0. The summed E-state index contributed by atoms with van der Waals surface area (Å²) in [5, 5.41) is 67.6. The maximum Gasteiger partial charge on any atom is 0.417 e. The SMILES string of the molecule is N#CC(=C1N=c2cc(C#N)c(C#N)cc2=N1)c1nc(C(C#N)=C2N=c3cc(C#N)c(C#N)cc3=N2)nc(C(C#N)=C2N=c3cc(C(F)(F)F)c(C(F)(F)F)cc3=N2)n1. The van der Waals surface area contributed by atoms with Gasteiger partial charge in [-0.2, -0.15) is 63.2 Å². The molecule has 0 aliphatic carbocycles. The zero-order chi connectivity index (χ0) is 41.7. The van der Waals surface area contributed by atoms with Crippen LogP contribution >= 0.6 is 0 Å². The lowest BCUT2D eigenvalue weighted by molar-refractivity contribution is -0.162. The van der Waals surface area contributed by atoms with Crippen LogP contribution in [0.4, 0.5) is 26.3 Å². The predicted molar refractivity (Wildman–Crippen MR) is 173 cm³/mol. The number of halogens is 6. The quantitative estimate of drug-likeness (QED) is 0.215. The molecule has 3 aliphatic heterocycles. The molecule has 4 aromatic rings. The Morgan fingerprint density at radius 1 is 0.379 bits per heavy atom. The summed E-state index contributed by atoms with van der Waals surface area (Å²) in [5.41, 5.74) is -6.26. The van der Waals surface area contributed by atoms with E-state index in [4.69, 9.17) is 0 Å². The second-order valence-corrected chi connectivity index (χ2v) is 11.5. The van der Waals surface area contributed by atoms with Crippen LogP contribution in [0, 0.1) is 79.3 Å². The molecule has 3 aliphatic rings. The van der Waals surface area contributed by atoms with Crippen LogP contribution in [0.5, 0.6) is 0 Å². The normalized spacial score (nSPS) is 12.9. The Kier molecular flexibility index (Phi) is 8.64. The molecule has 0 radical (unpaired) electrons. The van der Waals surface area contributed by atoms with Crippen LogP contribution < -0.4 is 32.1 Å². The molecule has 0 amide bonds. The molecule has 0 fully saturated rings. The summed E-state index contributed by atoms with van der Waals surface area (Å²) in [6.45, 7) is 0. The summed E-state index contributed by atoms with van der Waals surface area (Å²) in [6, 6.07) is 17.7. The van der Waals surface area contributed by atoms with E-state index in [1.807, 2.05) is 24.3 Å². The minimum Gasteiger partial charge on any atom is -0.226 e. The molecule has 0 saturated heterocycles. The Morgan fingerprint density at radius 3 is 0.793 bits per heavy atom. The van der Waals surface area contributed by atoms with Crippen LogP contribution in [0.25, 0.3) is 16.7 Å². The Balaban J connectivity index is 1.52. The third-order valence-corrected chi connectivity index (χ3v) is 8.11. The lowest BCUT2D eigenvalue weighted by Gasteiger charge is -2.14. The van der Waals surface area contributed by atoms with Crippen molar-refractivity contribution in [3.05, 3.63) is 137 Å². The lowest BCUT2D eigenvalue weighted by atomic mass is 10.1. The smallest absolute Gasteiger partial charge is 0.226 e. The van der Waals surface area contributed by atoms with Gasteiger partial charge < -0.3 is 0 Å². The van der Waals surface area contributed by atoms with E-state index < -0.39 is 74.2 Å². The Hall–Kier alpha value is -9.30. The fourth-order valence-electron chi connectivity index (χ4n) is 5.51. The number of aromatic nitrogens is 3. The molecule has 0 bridgehead atoms. The summed E-state index contributed by atoms with van der Waals surface area (Å²) in [4.78, 5) is 37.1. The molecule has 272 valence electrons. The first kappa shape index (κ1) is 37.0. The molecular formula is C36H6F6N16. The average molecular weight is 777 g/mol. The second kappa shape index (κ2) is 13.5. The molecule has 1 aromatic heterocycles. The fourth-order valence-corrected chi connectivity index (χ4v) is 5.51. The van der Waals surface area contributed by atoms with E-state index >= 15 is 0 Å². The van der Waals surface area contributed by atoms with Gasteiger partial charge in [0.2, 0.25) is 0 Å². The van der Waals surface area contributed by atoms with Crippen molar-refractivity contribution in [1.82, 2.24) is 15.0 Å². The molecule has 7 rings (SSSR count). The van der Waals surface area contributed by atoms with Crippen LogP contribution in [-0.2, 0) is 12.4 Å². The number of nitrogens with zero attached hydrogens (tertiary/aromatic N) is 16. The van der Waals surface area contributed by atoms with E-state index in [9.17, 15) is 63.2 Å². The van der Waals surface area contributed by atoms with Crippen molar-refractivity contribution >= 4 is 16.7 Å². The first-order valence-electron chi connectivity index (χ1n) is 15.4. The average Bonchev–Trinajstić information content (AvgIpc) is 3.92. The molecule has 22 heteroatoms. The van der Waals surface area contributed by atoms with Crippen LogP contribution in [-0.4, -0.2) is 15.0 Å². The number of nitriles is 7. The third kappa shape index (κ3) is 6.27. The van der Waals surface area contributed by atoms with Gasteiger partial charge >= 0.3 is 12.4 Å². The first-order chi connectivity index (χ1) is 27.6. The van der Waals surface area contributed by atoms with Gasteiger partial charge in [0.25, 0.3) is 0 Å². The maximum atomic E-state index is 13.7. The Bertz CT molecular complexity index is 3130. The van der Waals surface area contributed by atoms with Gasteiger partial charge in [0.1, 0.15) is 59.2 Å². The molecule has 4 heterocycles.